The Morgan fingerprint density at radius 1 is 1.10 bits per heavy atom. The molecule has 4 fully saturated rings. The van der Waals surface area contributed by atoms with Crippen molar-refractivity contribution in [3.8, 4) is 0 Å². The Hall–Kier alpha value is -0.570. The Kier molecular flexibility index (Phi) is 4.31. The lowest BCUT2D eigenvalue weighted by molar-refractivity contribution is -0.146. The summed E-state index contributed by atoms with van der Waals surface area (Å²) in [6.07, 6.45) is 8.96. The molecule has 0 aromatic rings. The van der Waals surface area contributed by atoms with E-state index in [1.807, 2.05) is 0 Å². The van der Waals surface area contributed by atoms with Crippen LogP contribution in [0.4, 0.5) is 0 Å². The van der Waals surface area contributed by atoms with Crippen LogP contribution in [0.1, 0.15) is 65.2 Å². The van der Waals surface area contributed by atoms with Crippen molar-refractivity contribution in [3.05, 3.63) is 0 Å². The fraction of sp³-hybridized carbons (Fsp3) is 0.944. The third kappa shape index (κ3) is 2.86. The average molecular weight is 293 g/mol. The van der Waals surface area contributed by atoms with Gasteiger partial charge in [0.1, 0.15) is 0 Å². The molecule has 0 aromatic heterocycles. The summed E-state index contributed by atoms with van der Waals surface area (Å²) >= 11 is 0. The molecular formula is C18H31NO2. The van der Waals surface area contributed by atoms with Gasteiger partial charge in [-0.1, -0.05) is 26.7 Å². The van der Waals surface area contributed by atoms with Crippen LogP contribution in [0.2, 0.25) is 0 Å². The van der Waals surface area contributed by atoms with Gasteiger partial charge in [0.25, 0.3) is 0 Å². The minimum absolute atomic E-state index is 0.0810. The van der Waals surface area contributed by atoms with Crippen molar-refractivity contribution in [2.24, 2.45) is 29.1 Å². The van der Waals surface area contributed by atoms with Crippen LogP contribution in [0.5, 0.6) is 0 Å². The number of aliphatic hydroxyl groups is 1. The molecule has 1 amide bonds. The highest BCUT2D eigenvalue weighted by Gasteiger charge is 2.54. The van der Waals surface area contributed by atoms with E-state index in [0.29, 0.717) is 12.5 Å². The van der Waals surface area contributed by atoms with E-state index < -0.39 is 6.10 Å². The van der Waals surface area contributed by atoms with Gasteiger partial charge in [-0.05, 0) is 62.2 Å². The molecule has 0 spiro atoms. The summed E-state index contributed by atoms with van der Waals surface area (Å²) in [7, 11) is 0. The molecule has 4 aliphatic rings. The first kappa shape index (κ1) is 15.3. The first-order valence-corrected chi connectivity index (χ1v) is 9.02. The molecule has 120 valence electrons. The van der Waals surface area contributed by atoms with Crippen LogP contribution in [-0.2, 0) is 4.79 Å². The number of amides is 1. The number of carbonyl (C=O) groups is 1. The highest BCUT2D eigenvalue weighted by Crippen LogP contribution is 2.60. The lowest BCUT2D eigenvalue weighted by Gasteiger charge is -2.55. The third-order valence-electron chi connectivity index (χ3n) is 6.58. The molecule has 0 saturated heterocycles. The third-order valence-corrected chi connectivity index (χ3v) is 6.58. The molecule has 4 rings (SSSR count). The second kappa shape index (κ2) is 5.91. The molecule has 2 N–H and O–H groups in total. The highest BCUT2D eigenvalue weighted by atomic mass is 16.3. The van der Waals surface area contributed by atoms with E-state index in [1.165, 1.54) is 19.3 Å². The van der Waals surface area contributed by atoms with Crippen molar-refractivity contribution < 1.29 is 9.90 Å². The second-order valence-electron chi connectivity index (χ2n) is 8.05. The van der Waals surface area contributed by atoms with E-state index in [-0.39, 0.29) is 11.3 Å². The van der Waals surface area contributed by atoms with E-state index in [0.717, 1.165) is 49.9 Å². The predicted molar refractivity (Wildman–Crippen MR) is 83.7 cm³/mol. The maximum atomic E-state index is 12.8. The fourth-order valence-electron chi connectivity index (χ4n) is 5.77. The van der Waals surface area contributed by atoms with Crippen molar-refractivity contribution in [1.82, 2.24) is 5.32 Å². The van der Waals surface area contributed by atoms with Gasteiger partial charge in [0.2, 0.25) is 5.91 Å². The van der Waals surface area contributed by atoms with Crippen molar-refractivity contribution in [3.63, 3.8) is 0 Å². The lowest BCUT2D eigenvalue weighted by atomic mass is 9.49. The van der Waals surface area contributed by atoms with Crippen LogP contribution in [0, 0.1) is 29.1 Å². The van der Waals surface area contributed by atoms with Crippen LogP contribution >= 0.6 is 0 Å². The fourth-order valence-corrected chi connectivity index (χ4v) is 5.77. The molecule has 4 aliphatic carbocycles. The minimum Gasteiger partial charge on any atom is -0.391 e. The van der Waals surface area contributed by atoms with Gasteiger partial charge in [-0.25, -0.2) is 0 Å². The second-order valence-corrected chi connectivity index (χ2v) is 8.05. The van der Waals surface area contributed by atoms with Crippen LogP contribution < -0.4 is 5.32 Å². The summed E-state index contributed by atoms with van der Waals surface area (Å²) < 4.78 is 0. The van der Waals surface area contributed by atoms with E-state index in [2.05, 4.69) is 19.2 Å². The Morgan fingerprint density at radius 3 is 2.00 bits per heavy atom. The Morgan fingerprint density at radius 2 is 1.57 bits per heavy atom. The zero-order chi connectivity index (χ0) is 15.0. The molecule has 1 unspecified atom stereocenters. The SMILES string of the molecule is CCC(CC)C(O)CNC(=O)C12CC3CC(CC(C3)C1)C2. The molecule has 0 radical (unpaired) electrons. The van der Waals surface area contributed by atoms with Gasteiger partial charge in [-0.15, -0.1) is 0 Å². The average Bonchev–Trinajstić information content (AvgIpc) is 2.44. The molecule has 3 nitrogen and oxygen atoms in total. The summed E-state index contributed by atoms with van der Waals surface area (Å²) in [6, 6.07) is 0. The maximum absolute atomic E-state index is 12.8. The summed E-state index contributed by atoms with van der Waals surface area (Å²) in [5.74, 6) is 2.94. The van der Waals surface area contributed by atoms with Gasteiger partial charge in [0, 0.05) is 12.0 Å². The maximum Gasteiger partial charge on any atom is 0.226 e. The van der Waals surface area contributed by atoms with Crippen LogP contribution in [0.3, 0.4) is 0 Å². The molecule has 4 saturated carbocycles. The zero-order valence-corrected chi connectivity index (χ0v) is 13.6. The number of rotatable bonds is 6. The first-order valence-electron chi connectivity index (χ1n) is 9.02. The molecule has 0 aliphatic heterocycles. The van der Waals surface area contributed by atoms with Crippen molar-refractivity contribution in [2.75, 3.05) is 6.54 Å². The predicted octanol–water partition coefficient (Wildman–Crippen LogP) is 3.12. The van der Waals surface area contributed by atoms with E-state index in [4.69, 9.17) is 0 Å². The largest absolute Gasteiger partial charge is 0.391 e. The van der Waals surface area contributed by atoms with Gasteiger partial charge >= 0.3 is 0 Å². The van der Waals surface area contributed by atoms with Crippen molar-refractivity contribution in [2.45, 2.75) is 71.3 Å². The van der Waals surface area contributed by atoms with Gasteiger partial charge in [-0.3, -0.25) is 4.79 Å². The standard InChI is InChI=1S/C18H31NO2/c1-3-15(4-2)16(20)11-19-17(21)18-8-12-5-13(9-18)7-14(6-12)10-18/h12-16,20H,3-11H2,1-2H3,(H,19,21). The van der Waals surface area contributed by atoms with Gasteiger partial charge in [-0.2, -0.15) is 0 Å². The monoisotopic (exact) mass is 293 g/mol. The topological polar surface area (TPSA) is 49.3 Å². The summed E-state index contributed by atoms with van der Waals surface area (Å²) in [5, 5.41) is 13.3. The molecule has 21 heavy (non-hydrogen) atoms. The lowest BCUT2D eigenvalue weighted by Crippen LogP contribution is -2.54. The molecule has 4 bridgehead atoms. The number of nitrogens with one attached hydrogen (secondary N) is 1. The van der Waals surface area contributed by atoms with Crippen molar-refractivity contribution >= 4 is 5.91 Å². The molecule has 0 aromatic carbocycles. The normalized spacial score (nSPS) is 38.8. The van der Waals surface area contributed by atoms with E-state index in [9.17, 15) is 9.90 Å². The first-order chi connectivity index (χ1) is 10.1. The van der Waals surface area contributed by atoms with Crippen LogP contribution in [0.25, 0.3) is 0 Å². The minimum atomic E-state index is -0.391. The smallest absolute Gasteiger partial charge is 0.226 e. The molecule has 3 heteroatoms. The quantitative estimate of drug-likeness (QED) is 0.790. The van der Waals surface area contributed by atoms with Gasteiger partial charge in [0.05, 0.1) is 6.10 Å². The highest BCUT2D eigenvalue weighted by molar-refractivity contribution is 5.83. The Bertz CT molecular complexity index is 353. The number of hydrogen-bond acceptors (Lipinski definition) is 2. The van der Waals surface area contributed by atoms with Crippen LogP contribution in [-0.4, -0.2) is 23.7 Å². The molecule has 1 atom stereocenters. The molecular weight excluding hydrogens is 262 g/mol. The number of aliphatic hydroxyl groups excluding tert-OH is 1. The number of carbonyl (C=O) groups excluding carboxylic acids is 1. The summed E-state index contributed by atoms with van der Waals surface area (Å²) in [4.78, 5) is 12.8. The van der Waals surface area contributed by atoms with Gasteiger partial charge in [0.15, 0.2) is 0 Å². The van der Waals surface area contributed by atoms with Crippen LogP contribution in [0.15, 0.2) is 0 Å². The molecule has 0 heterocycles. The van der Waals surface area contributed by atoms with E-state index >= 15 is 0 Å². The van der Waals surface area contributed by atoms with Gasteiger partial charge < -0.3 is 10.4 Å². The Balaban J connectivity index is 1.58. The summed E-state index contributed by atoms with van der Waals surface area (Å²) in [5.41, 5.74) is -0.0810. The Labute approximate surface area is 128 Å². The summed E-state index contributed by atoms with van der Waals surface area (Å²) in [6.45, 7) is 4.66. The van der Waals surface area contributed by atoms with Crippen molar-refractivity contribution in [1.29, 1.82) is 0 Å². The van der Waals surface area contributed by atoms with E-state index in [1.54, 1.807) is 0 Å². The zero-order valence-electron chi connectivity index (χ0n) is 13.6. The number of hydrogen-bond donors (Lipinski definition) is 2.